The van der Waals surface area contributed by atoms with Crippen molar-refractivity contribution in [2.75, 3.05) is 5.75 Å². The van der Waals surface area contributed by atoms with Crippen molar-refractivity contribution in [3.63, 3.8) is 0 Å². The largest absolute Gasteiger partial charge is 0.386 e. The summed E-state index contributed by atoms with van der Waals surface area (Å²) in [5.74, 6) is 2.32. The number of halogens is 1. The average molecular weight is 381 g/mol. The molecule has 0 saturated carbocycles. The number of aromatic nitrogens is 2. The molecule has 0 aliphatic carbocycles. The highest BCUT2D eigenvalue weighted by Crippen LogP contribution is 2.31. The fourth-order valence-electron chi connectivity index (χ4n) is 2.54. The number of hydrogen-bond donors (Lipinski definition) is 2. The van der Waals surface area contributed by atoms with Gasteiger partial charge in [0.2, 0.25) is 0 Å². The van der Waals surface area contributed by atoms with Crippen LogP contribution in [0, 0.1) is 0 Å². The van der Waals surface area contributed by atoms with Crippen LogP contribution < -0.4 is 5.56 Å². The van der Waals surface area contributed by atoms with Gasteiger partial charge in [0.1, 0.15) is 5.82 Å². The van der Waals surface area contributed by atoms with E-state index in [0.29, 0.717) is 5.82 Å². The van der Waals surface area contributed by atoms with Crippen LogP contribution in [-0.4, -0.2) is 20.8 Å². The Morgan fingerprint density at radius 1 is 1.41 bits per heavy atom. The van der Waals surface area contributed by atoms with Crippen LogP contribution in [0.5, 0.6) is 0 Å². The molecule has 0 amide bonds. The van der Waals surface area contributed by atoms with E-state index < -0.39 is 5.60 Å². The Kier molecular flexibility index (Phi) is 4.18. The highest BCUT2D eigenvalue weighted by atomic mass is 79.9. The maximum Gasteiger partial charge on any atom is 0.255 e. The molecule has 3 rings (SSSR count). The summed E-state index contributed by atoms with van der Waals surface area (Å²) in [6.07, 6.45) is 0.833. The molecule has 0 atom stereocenters. The van der Waals surface area contributed by atoms with Crippen LogP contribution in [0.4, 0.5) is 0 Å². The van der Waals surface area contributed by atoms with Crippen LogP contribution in [0.1, 0.15) is 30.7 Å². The van der Waals surface area contributed by atoms with Gasteiger partial charge in [-0.3, -0.25) is 4.79 Å². The lowest BCUT2D eigenvalue weighted by Crippen LogP contribution is -2.21. The van der Waals surface area contributed by atoms with Crippen molar-refractivity contribution in [2.45, 2.75) is 31.6 Å². The molecule has 2 aromatic rings. The minimum absolute atomic E-state index is 0.0464. The third-order valence-electron chi connectivity index (χ3n) is 3.73. The predicted molar refractivity (Wildman–Crippen MR) is 93.1 cm³/mol. The number of aromatic amines is 1. The van der Waals surface area contributed by atoms with Gasteiger partial charge in [0.15, 0.2) is 0 Å². The standard InChI is InChI=1S/C16H17BrN2O2S/c1-16(2,21)11-4-3-9(7-12(11)17)14-18-13-5-6-22-8-10(13)15(20)19-14/h3-4,7,21H,5-6,8H2,1-2H3,(H,18,19,20). The number of fused-ring (bicyclic) bond motifs is 1. The van der Waals surface area contributed by atoms with Crippen molar-refractivity contribution >= 4 is 27.7 Å². The van der Waals surface area contributed by atoms with Crippen LogP contribution in [-0.2, 0) is 17.8 Å². The van der Waals surface area contributed by atoms with Gasteiger partial charge in [-0.25, -0.2) is 4.98 Å². The molecule has 0 spiro atoms. The normalized spacial score (nSPS) is 14.7. The Hall–Kier alpha value is -1.11. The summed E-state index contributed by atoms with van der Waals surface area (Å²) >= 11 is 5.26. The Labute approximate surface area is 141 Å². The predicted octanol–water partition coefficient (Wildman–Crippen LogP) is 3.22. The van der Waals surface area contributed by atoms with Crippen LogP contribution >= 0.6 is 27.7 Å². The average Bonchev–Trinajstić information content (AvgIpc) is 2.46. The summed E-state index contributed by atoms with van der Waals surface area (Å²) in [5.41, 5.74) is 2.36. The number of nitrogens with one attached hydrogen (secondary N) is 1. The number of rotatable bonds is 2. The molecule has 2 N–H and O–H groups in total. The third-order valence-corrected chi connectivity index (χ3v) is 5.37. The van der Waals surface area contributed by atoms with E-state index in [9.17, 15) is 9.90 Å². The minimum Gasteiger partial charge on any atom is -0.386 e. The quantitative estimate of drug-likeness (QED) is 0.839. The molecule has 0 saturated heterocycles. The molecule has 1 aromatic heterocycles. The molecule has 4 nitrogen and oxygen atoms in total. The van der Waals surface area contributed by atoms with Gasteiger partial charge >= 0.3 is 0 Å². The summed E-state index contributed by atoms with van der Waals surface area (Å²) in [6.45, 7) is 3.48. The summed E-state index contributed by atoms with van der Waals surface area (Å²) in [4.78, 5) is 19.7. The number of hydrogen-bond acceptors (Lipinski definition) is 4. The van der Waals surface area contributed by atoms with Gasteiger partial charge in [0.25, 0.3) is 5.56 Å². The smallest absolute Gasteiger partial charge is 0.255 e. The molecular formula is C16H17BrN2O2S. The van der Waals surface area contributed by atoms with E-state index in [1.807, 2.05) is 18.2 Å². The monoisotopic (exact) mass is 380 g/mol. The lowest BCUT2D eigenvalue weighted by Gasteiger charge is -2.20. The minimum atomic E-state index is -0.925. The van der Waals surface area contributed by atoms with Gasteiger partial charge in [0, 0.05) is 21.4 Å². The van der Waals surface area contributed by atoms with Crippen molar-refractivity contribution < 1.29 is 5.11 Å². The van der Waals surface area contributed by atoms with E-state index in [4.69, 9.17) is 0 Å². The van der Waals surface area contributed by atoms with Gasteiger partial charge < -0.3 is 10.1 Å². The van der Waals surface area contributed by atoms with Crippen LogP contribution in [0.25, 0.3) is 11.4 Å². The summed E-state index contributed by atoms with van der Waals surface area (Å²) in [6, 6.07) is 5.62. The SMILES string of the molecule is CC(C)(O)c1ccc(-c2nc3c(c(=O)[nH]2)CSCC3)cc1Br. The van der Waals surface area contributed by atoms with Gasteiger partial charge in [-0.1, -0.05) is 28.1 Å². The van der Waals surface area contributed by atoms with Crippen molar-refractivity contribution in [1.29, 1.82) is 0 Å². The second kappa shape index (κ2) is 5.83. The van der Waals surface area contributed by atoms with Crippen molar-refractivity contribution in [2.24, 2.45) is 0 Å². The summed E-state index contributed by atoms with van der Waals surface area (Å²) in [5, 5.41) is 10.1. The zero-order valence-corrected chi connectivity index (χ0v) is 14.8. The zero-order valence-electron chi connectivity index (χ0n) is 12.4. The van der Waals surface area contributed by atoms with E-state index in [1.54, 1.807) is 25.6 Å². The van der Waals surface area contributed by atoms with Gasteiger partial charge in [-0.2, -0.15) is 11.8 Å². The van der Waals surface area contributed by atoms with E-state index in [1.165, 1.54) is 0 Å². The maximum atomic E-state index is 12.2. The Bertz CT molecular complexity index is 781. The first-order valence-electron chi connectivity index (χ1n) is 7.09. The highest BCUT2D eigenvalue weighted by molar-refractivity contribution is 9.10. The fraction of sp³-hybridized carbons (Fsp3) is 0.375. The summed E-state index contributed by atoms with van der Waals surface area (Å²) in [7, 11) is 0. The first-order chi connectivity index (χ1) is 10.4. The first kappa shape index (κ1) is 15.8. The van der Waals surface area contributed by atoms with E-state index in [2.05, 4.69) is 25.9 Å². The van der Waals surface area contributed by atoms with E-state index >= 15 is 0 Å². The molecule has 0 bridgehead atoms. The molecule has 6 heteroatoms. The number of benzene rings is 1. The number of thioether (sulfide) groups is 1. The molecule has 116 valence electrons. The number of H-pyrrole nitrogens is 1. The number of nitrogens with zero attached hydrogens (tertiary/aromatic N) is 1. The lowest BCUT2D eigenvalue weighted by molar-refractivity contribution is 0.0778. The second-order valence-corrected chi connectivity index (χ2v) is 7.86. The molecule has 0 radical (unpaired) electrons. The van der Waals surface area contributed by atoms with Gasteiger partial charge in [-0.15, -0.1) is 0 Å². The topological polar surface area (TPSA) is 66.0 Å². The molecule has 1 aliphatic heterocycles. The fourth-order valence-corrected chi connectivity index (χ4v) is 4.39. The molecule has 1 aromatic carbocycles. The molecule has 1 aliphatic rings. The third kappa shape index (κ3) is 3.00. The van der Waals surface area contributed by atoms with E-state index in [-0.39, 0.29) is 5.56 Å². The maximum absolute atomic E-state index is 12.2. The molecular weight excluding hydrogens is 364 g/mol. The number of aliphatic hydroxyl groups is 1. The van der Waals surface area contributed by atoms with Gasteiger partial charge in [-0.05, 0) is 37.7 Å². The first-order valence-corrected chi connectivity index (χ1v) is 9.03. The van der Waals surface area contributed by atoms with Crippen LogP contribution in [0.15, 0.2) is 27.5 Å². The zero-order chi connectivity index (χ0) is 15.9. The Balaban J connectivity index is 2.07. The highest BCUT2D eigenvalue weighted by Gasteiger charge is 2.21. The van der Waals surface area contributed by atoms with Crippen LogP contribution in [0.3, 0.4) is 0 Å². The summed E-state index contributed by atoms with van der Waals surface area (Å²) < 4.78 is 0.799. The Morgan fingerprint density at radius 2 is 2.18 bits per heavy atom. The van der Waals surface area contributed by atoms with E-state index in [0.717, 1.165) is 44.8 Å². The number of aryl methyl sites for hydroxylation is 1. The molecule has 22 heavy (non-hydrogen) atoms. The molecule has 2 heterocycles. The second-order valence-electron chi connectivity index (χ2n) is 5.90. The lowest BCUT2D eigenvalue weighted by atomic mass is 9.97. The Morgan fingerprint density at radius 3 is 2.86 bits per heavy atom. The van der Waals surface area contributed by atoms with Crippen molar-refractivity contribution in [3.05, 3.63) is 49.8 Å². The van der Waals surface area contributed by atoms with Crippen molar-refractivity contribution in [3.8, 4) is 11.4 Å². The molecule has 0 fully saturated rings. The molecule has 0 unspecified atom stereocenters. The van der Waals surface area contributed by atoms with Gasteiger partial charge in [0.05, 0.1) is 11.3 Å². The van der Waals surface area contributed by atoms with Crippen molar-refractivity contribution in [1.82, 2.24) is 9.97 Å². The van der Waals surface area contributed by atoms with Crippen LogP contribution in [0.2, 0.25) is 0 Å².